The number of hydrogen-bond acceptors (Lipinski definition) is 2. The molecule has 0 spiro atoms. The minimum Gasteiger partial charge on any atom is -0.326 e. The lowest BCUT2D eigenvalue weighted by atomic mass is 9.95. The second-order valence-corrected chi connectivity index (χ2v) is 4.46. The molecule has 1 fully saturated rings. The average molecular weight is 244 g/mol. The minimum absolute atomic E-state index is 0.233. The van der Waals surface area contributed by atoms with E-state index in [2.05, 4.69) is 0 Å². The maximum atomic E-state index is 12.9. The van der Waals surface area contributed by atoms with Crippen LogP contribution in [0, 0.1) is 0 Å². The molecule has 1 aliphatic rings. The Kier molecular flexibility index (Phi) is 3.14. The van der Waals surface area contributed by atoms with Gasteiger partial charge < -0.3 is 5.73 Å². The molecule has 0 amide bonds. The molecule has 1 aliphatic heterocycles. The van der Waals surface area contributed by atoms with Crippen molar-refractivity contribution in [2.75, 3.05) is 13.6 Å². The summed E-state index contributed by atoms with van der Waals surface area (Å²) in [5, 5.41) is 0. The van der Waals surface area contributed by atoms with E-state index in [0.717, 1.165) is 19.0 Å². The third-order valence-corrected chi connectivity index (χ3v) is 3.28. The van der Waals surface area contributed by atoms with Gasteiger partial charge >= 0.3 is 6.18 Å². The molecule has 1 saturated heterocycles. The van der Waals surface area contributed by atoms with Gasteiger partial charge in [0.15, 0.2) is 0 Å². The number of likely N-dealkylation sites (tertiary alicyclic amines) is 1. The summed E-state index contributed by atoms with van der Waals surface area (Å²) in [6.07, 6.45) is -3.59. The highest BCUT2D eigenvalue weighted by Gasteiger charge is 2.39. The van der Waals surface area contributed by atoms with Crippen molar-refractivity contribution in [3.05, 3.63) is 35.4 Å². The molecule has 0 saturated carbocycles. The minimum atomic E-state index is -4.32. The third kappa shape index (κ3) is 2.30. The normalized spacial score (nSPS) is 26.4. The molecule has 17 heavy (non-hydrogen) atoms. The van der Waals surface area contributed by atoms with Crippen LogP contribution in [-0.4, -0.2) is 24.5 Å². The molecule has 0 radical (unpaired) electrons. The maximum Gasteiger partial charge on any atom is 0.416 e. The van der Waals surface area contributed by atoms with E-state index in [1.165, 1.54) is 12.1 Å². The molecule has 1 aromatic rings. The average Bonchev–Trinajstić information content (AvgIpc) is 2.57. The number of hydrogen-bond donors (Lipinski definition) is 1. The SMILES string of the molecule is CN1CCC(N)C1c1ccccc1C(F)(F)F. The van der Waals surface area contributed by atoms with Crippen molar-refractivity contribution in [2.24, 2.45) is 5.73 Å². The molecule has 2 rings (SSSR count). The first-order chi connectivity index (χ1) is 7.91. The number of likely N-dealkylation sites (N-methyl/N-ethyl adjacent to an activating group) is 1. The number of nitrogens with zero attached hydrogens (tertiary/aromatic N) is 1. The number of rotatable bonds is 1. The summed E-state index contributed by atoms with van der Waals surface area (Å²) in [7, 11) is 1.81. The fraction of sp³-hybridized carbons (Fsp3) is 0.500. The molecule has 0 aliphatic carbocycles. The van der Waals surface area contributed by atoms with E-state index in [1.54, 1.807) is 6.07 Å². The Labute approximate surface area is 98.2 Å². The number of alkyl halides is 3. The van der Waals surface area contributed by atoms with Crippen LogP contribution in [0.15, 0.2) is 24.3 Å². The van der Waals surface area contributed by atoms with Gasteiger partial charge in [0.1, 0.15) is 0 Å². The van der Waals surface area contributed by atoms with Crippen LogP contribution in [-0.2, 0) is 6.18 Å². The smallest absolute Gasteiger partial charge is 0.326 e. The predicted molar refractivity (Wildman–Crippen MR) is 59.4 cm³/mol. The van der Waals surface area contributed by atoms with Crippen molar-refractivity contribution in [2.45, 2.75) is 24.7 Å². The fourth-order valence-electron chi connectivity index (χ4n) is 2.46. The van der Waals surface area contributed by atoms with Crippen LogP contribution < -0.4 is 5.73 Å². The van der Waals surface area contributed by atoms with E-state index in [0.29, 0.717) is 0 Å². The molecule has 2 unspecified atom stereocenters. The highest BCUT2D eigenvalue weighted by Crippen LogP contribution is 2.39. The van der Waals surface area contributed by atoms with Crippen molar-refractivity contribution in [3.63, 3.8) is 0 Å². The third-order valence-electron chi connectivity index (χ3n) is 3.28. The van der Waals surface area contributed by atoms with Crippen LogP contribution in [0.5, 0.6) is 0 Å². The van der Waals surface area contributed by atoms with Crippen molar-refractivity contribution in [1.29, 1.82) is 0 Å². The Balaban J connectivity index is 2.45. The summed E-state index contributed by atoms with van der Waals surface area (Å²) in [5.74, 6) is 0. The second-order valence-electron chi connectivity index (χ2n) is 4.46. The predicted octanol–water partition coefficient (Wildman–Crippen LogP) is 2.41. The van der Waals surface area contributed by atoms with Gasteiger partial charge in [0.2, 0.25) is 0 Å². The zero-order valence-electron chi connectivity index (χ0n) is 9.54. The molecule has 5 heteroatoms. The maximum absolute atomic E-state index is 12.9. The molecule has 94 valence electrons. The Morgan fingerprint density at radius 2 is 1.94 bits per heavy atom. The van der Waals surface area contributed by atoms with Gasteiger partial charge in [-0.2, -0.15) is 13.2 Å². The zero-order chi connectivity index (χ0) is 12.6. The van der Waals surface area contributed by atoms with Crippen LogP contribution in [0.2, 0.25) is 0 Å². The van der Waals surface area contributed by atoms with E-state index >= 15 is 0 Å². The largest absolute Gasteiger partial charge is 0.416 e. The Bertz CT molecular complexity index is 393. The first-order valence-corrected chi connectivity index (χ1v) is 5.53. The van der Waals surface area contributed by atoms with Gasteiger partial charge in [0.25, 0.3) is 0 Å². The van der Waals surface area contributed by atoms with Crippen LogP contribution in [0.25, 0.3) is 0 Å². The highest BCUT2D eigenvalue weighted by molar-refractivity contribution is 5.34. The standard InChI is InChI=1S/C12H15F3N2/c1-17-7-6-10(16)11(17)8-4-2-3-5-9(8)12(13,14)15/h2-5,10-11H,6-7,16H2,1H3. The lowest BCUT2D eigenvalue weighted by Gasteiger charge is -2.26. The fourth-order valence-corrected chi connectivity index (χ4v) is 2.46. The van der Waals surface area contributed by atoms with Crippen LogP contribution in [0.4, 0.5) is 13.2 Å². The van der Waals surface area contributed by atoms with Crippen molar-refractivity contribution in [3.8, 4) is 0 Å². The summed E-state index contributed by atoms with van der Waals surface area (Å²) in [6, 6.07) is 5.11. The van der Waals surface area contributed by atoms with Crippen molar-refractivity contribution in [1.82, 2.24) is 4.90 Å². The van der Waals surface area contributed by atoms with E-state index < -0.39 is 11.7 Å². The summed E-state index contributed by atoms with van der Waals surface area (Å²) in [5.41, 5.74) is 5.61. The van der Waals surface area contributed by atoms with Crippen molar-refractivity contribution >= 4 is 0 Å². The monoisotopic (exact) mass is 244 g/mol. The van der Waals surface area contributed by atoms with E-state index in [-0.39, 0.29) is 17.6 Å². The number of benzene rings is 1. The topological polar surface area (TPSA) is 29.3 Å². The van der Waals surface area contributed by atoms with Gasteiger partial charge in [-0.25, -0.2) is 0 Å². The molecule has 2 N–H and O–H groups in total. The van der Waals surface area contributed by atoms with Gasteiger partial charge in [-0.05, 0) is 25.1 Å². The van der Waals surface area contributed by atoms with Gasteiger partial charge in [-0.15, -0.1) is 0 Å². The lowest BCUT2D eigenvalue weighted by molar-refractivity contribution is -0.138. The first kappa shape index (κ1) is 12.4. The summed E-state index contributed by atoms with van der Waals surface area (Å²) in [6.45, 7) is 0.734. The summed E-state index contributed by atoms with van der Waals surface area (Å²) in [4.78, 5) is 1.88. The molecule has 2 atom stereocenters. The highest BCUT2D eigenvalue weighted by atomic mass is 19.4. The second kappa shape index (κ2) is 4.31. The van der Waals surface area contributed by atoms with Crippen molar-refractivity contribution < 1.29 is 13.2 Å². The first-order valence-electron chi connectivity index (χ1n) is 5.53. The number of nitrogens with two attached hydrogens (primary N) is 1. The van der Waals surface area contributed by atoms with E-state index in [4.69, 9.17) is 5.73 Å². The van der Waals surface area contributed by atoms with Gasteiger partial charge in [-0.1, -0.05) is 18.2 Å². The quantitative estimate of drug-likeness (QED) is 0.822. The Hall–Kier alpha value is -1.07. The van der Waals surface area contributed by atoms with E-state index in [9.17, 15) is 13.2 Å². The Morgan fingerprint density at radius 1 is 1.29 bits per heavy atom. The number of halogens is 3. The molecule has 1 heterocycles. The molecular formula is C12H15F3N2. The molecular weight excluding hydrogens is 229 g/mol. The van der Waals surface area contributed by atoms with Crippen LogP contribution in [0.3, 0.4) is 0 Å². The van der Waals surface area contributed by atoms with Gasteiger partial charge in [0.05, 0.1) is 11.6 Å². The summed E-state index contributed by atoms with van der Waals surface area (Å²) >= 11 is 0. The lowest BCUT2D eigenvalue weighted by Crippen LogP contribution is -2.31. The molecule has 0 aromatic heterocycles. The molecule has 1 aromatic carbocycles. The van der Waals surface area contributed by atoms with Crippen LogP contribution in [0.1, 0.15) is 23.6 Å². The van der Waals surface area contributed by atoms with E-state index in [1.807, 2.05) is 11.9 Å². The van der Waals surface area contributed by atoms with Gasteiger partial charge in [0, 0.05) is 12.6 Å². The van der Waals surface area contributed by atoms with Gasteiger partial charge in [-0.3, -0.25) is 4.90 Å². The molecule has 0 bridgehead atoms. The Morgan fingerprint density at radius 3 is 2.47 bits per heavy atom. The van der Waals surface area contributed by atoms with Crippen LogP contribution >= 0.6 is 0 Å². The summed E-state index contributed by atoms with van der Waals surface area (Å²) < 4.78 is 38.7. The molecule has 2 nitrogen and oxygen atoms in total. The zero-order valence-corrected chi connectivity index (χ0v) is 9.54.